The zero-order valence-electron chi connectivity index (χ0n) is 12.1. The van der Waals surface area contributed by atoms with Crippen LogP contribution >= 0.6 is 0 Å². The van der Waals surface area contributed by atoms with Crippen molar-refractivity contribution < 1.29 is 14.7 Å². The van der Waals surface area contributed by atoms with Crippen LogP contribution in [0.25, 0.3) is 0 Å². The van der Waals surface area contributed by atoms with E-state index in [0.717, 1.165) is 19.3 Å². The van der Waals surface area contributed by atoms with Gasteiger partial charge in [0.05, 0.1) is 6.10 Å². The van der Waals surface area contributed by atoms with Crippen LogP contribution in [0.2, 0.25) is 0 Å². The number of nitrogens with two attached hydrogens (primary N) is 1. The van der Waals surface area contributed by atoms with Crippen molar-refractivity contribution >= 4 is 11.7 Å². The molecule has 0 aromatic heterocycles. The van der Waals surface area contributed by atoms with Crippen LogP contribution in [0.1, 0.15) is 46.5 Å². The van der Waals surface area contributed by atoms with E-state index in [9.17, 15) is 14.7 Å². The molecule has 6 atom stereocenters. The third kappa shape index (κ3) is 2.31. The first-order valence-electron chi connectivity index (χ1n) is 7.28. The van der Waals surface area contributed by atoms with Crippen LogP contribution in [-0.2, 0) is 9.59 Å². The molecule has 0 bridgehead atoms. The zero-order valence-corrected chi connectivity index (χ0v) is 12.1. The fourth-order valence-electron chi connectivity index (χ4n) is 4.30. The second-order valence-corrected chi connectivity index (χ2v) is 6.82. The molecule has 0 aliphatic heterocycles. The minimum absolute atomic E-state index is 0.0284. The number of carbonyl (C=O) groups is 2. The molecule has 0 saturated heterocycles. The monoisotopic (exact) mass is 267 g/mol. The lowest BCUT2D eigenvalue weighted by atomic mass is 9.52. The van der Waals surface area contributed by atoms with Gasteiger partial charge in [-0.2, -0.15) is 0 Å². The summed E-state index contributed by atoms with van der Waals surface area (Å²) in [6.07, 6.45) is 2.67. The fourth-order valence-corrected chi connectivity index (χ4v) is 4.30. The molecule has 2 saturated carbocycles. The maximum atomic E-state index is 11.9. The lowest BCUT2D eigenvalue weighted by Gasteiger charge is -2.53. The normalized spacial score (nSPS) is 44.5. The molecule has 2 aliphatic carbocycles. The van der Waals surface area contributed by atoms with Gasteiger partial charge in [0.2, 0.25) is 5.91 Å². The molecule has 2 aliphatic rings. The fraction of sp³-hybridized carbons (Fsp3) is 0.867. The topological polar surface area (TPSA) is 80.4 Å². The molecule has 0 radical (unpaired) electrons. The minimum atomic E-state index is -0.597. The van der Waals surface area contributed by atoms with E-state index in [1.165, 1.54) is 0 Å². The van der Waals surface area contributed by atoms with Gasteiger partial charge >= 0.3 is 0 Å². The van der Waals surface area contributed by atoms with E-state index < -0.39 is 6.10 Å². The first-order valence-corrected chi connectivity index (χ1v) is 7.28. The van der Waals surface area contributed by atoms with Crippen LogP contribution in [0, 0.1) is 29.1 Å². The summed E-state index contributed by atoms with van der Waals surface area (Å²) in [5, 5.41) is 10.7. The summed E-state index contributed by atoms with van der Waals surface area (Å²) in [5.74, 6) is -0.699. The van der Waals surface area contributed by atoms with Gasteiger partial charge in [0.1, 0.15) is 5.78 Å². The molecule has 6 unspecified atom stereocenters. The summed E-state index contributed by atoms with van der Waals surface area (Å²) in [6.45, 7) is 5.88. The second-order valence-electron chi connectivity index (χ2n) is 6.82. The van der Waals surface area contributed by atoms with E-state index in [4.69, 9.17) is 5.73 Å². The SMILES string of the molecule is CC(C(N)=O)C1CCC2(C)CCC(=O)C(C)C2C1O. The third-order valence-electron chi connectivity index (χ3n) is 5.74. The van der Waals surface area contributed by atoms with Crippen molar-refractivity contribution in [2.75, 3.05) is 0 Å². The van der Waals surface area contributed by atoms with Gasteiger partial charge in [-0.3, -0.25) is 9.59 Å². The summed E-state index contributed by atoms with van der Waals surface area (Å²) in [5.41, 5.74) is 5.40. The highest BCUT2D eigenvalue weighted by Gasteiger charge is 2.53. The number of Topliss-reactive ketones (excluding diaryl/α,β-unsaturated/α-hetero) is 1. The quantitative estimate of drug-likeness (QED) is 0.795. The Labute approximate surface area is 114 Å². The predicted octanol–water partition coefficient (Wildman–Crippen LogP) is 1.50. The molecule has 4 heteroatoms. The molecule has 0 spiro atoms. The molecule has 2 fully saturated rings. The Kier molecular flexibility index (Phi) is 3.74. The molecule has 1 amide bonds. The number of amides is 1. The van der Waals surface area contributed by atoms with Crippen LogP contribution in [0.15, 0.2) is 0 Å². The highest BCUT2D eigenvalue weighted by Crippen LogP contribution is 2.54. The number of hydrogen-bond acceptors (Lipinski definition) is 3. The largest absolute Gasteiger partial charge is 0.392 e. The van der Waals surface area contributed by atoms with Gasteiger partial charge in [0.15, 0.2) is 0 Å². The Bertz CT molecular complexity index is 395. The number of carbonyl (C=O) groups excluding carboxylic acids is 2. The van der Waals surface area contributed by atoms with Crippen LogP contribution in [-0.4, -0.2) is 22.9 Å². The highest BCUT2D eigenvalue weighted by molar-refractivity contribution is 5.82. The van der Waals surface area contributed by atoms with Gasteiger partial charge < -0.3 is 10.8 Å². The highest BCUT2D eigenvalue weighted by atomic mass is 16.3. The number of primary amides is 1. The van der Waals surface area contributed by atoms with Crippen molar-refractivity contribution in [3.05, 3.63) is 0 Å². The Hall–Kier alpha value is -0.900. The Morgan fingerprint density at radius 1 is 1.47 bits per heavy atom. The van der Waals surface area contributed by atoms with Crippen molar-refractivity contribution in [3.63, 3.8) is 0 Å². The molecular weight excluding hydrogens is 242 g/mol. The number of fused-ring (bicyclic) bond motifs is 1. The summed E-state index contributed by atoms with van der Waals surface area (Å²) in [7, 11) is 0. The Morgan fingerprint density at radius 2 is 2.11 bits per heavy atom. The van der Waals surface area contributed by atoms with E-state index >= 15 is 0 Å². The average molecular weight is 267 g/mol. The number of ketones is 1. The van der Waals surface area contributed by atoms with Crippen molar-refractivity contribution in [2.24, 2.45) is 34.8 Å². The summed E-state index contributed by atoms with van der Waals surface area (Å²) in [6, 6.07) is 0. The van der Waals surface area contributed by atoms with Crippen molar-refractivity contribution in [1.29, 1.82) is 0 Å². The van der Waals surface area contributed by atoms with Crippen molar-refractivity contribution in [2.45, 2.75) is 52.6 Å². The molecule has 108 valence electrons. The third-order valence-corrected chi connectivity index (χ3v) is 5.74. The summed E-state index contributed by atoms with van der Waals surface area (Å²) < 4.78 is 0. The lowest BCUT2D eigenvalue weighted by molar-refractivity contribution is -0.151. The van der Waals surface area contributed by atoms with Gasteiger partial charge in [-0.1, -0.05) is 20.8 Å². The van der Waals surface area contributed by atoms with Crippen molar-refractivity contribution in [1.82, 2.24) is 0 Å². The molecule has 4 nitrogen and oxygen atoms in total. The molecule has 3 N–H and O–H groups in total. The van der Waals surface area contributed by atoms with Gasteiger partial charge in [-0.05, 0) is 36.5 Å². The number of aliphatic hydroxyl groups is 1. The van der Waals surface area contributed by atoms with E-state index in [1.807, 2.05) is 6.92 Å². The molecule has 0 heterocycles. The predicted molar refractivity (Wildman–Crippen MR) is 72.1 cm³/mol. The van der Waals surface area contributed by atoms with Crippen LogP contribution < -0.4 is 5.73 Å². The molecule has 0 aromatic rings. The van der Waals surface area contributed by atoms with E-state index in [1.54, 1.807) is 6.92 Å². The summed E-state index contributed by atoms with van der Waals surface area (Å²) in [4.78, 5) is 23.3. The lowest BCUT2D eigenvalue weighted by Crippen LogP contribution is -2.54. The Morgan fingerprint density at radius 3 is 2.68 bits per heavy atom. The van der Waals surface area contributed by atoms with Gasteiger partial charge in [-0.15, -0.1) is 0 Å². The van der Waals surface area contributed by atoms with Gasteiger partial charge in [0.25, 0.3) is 0 Å². The summed E-state index contributed by atoms with van der Waals surface area (Å²) >= 11 is 0. The van der Waals surface area contributed by atoms with Gasteiger partial charge in [0, 0.05) is 18.3 Å². The molecular formula is C15H25NO3. The van der Waals surface area contributed by atoms with Crippen LogP contribution in [0.3, 0.4) is 0 Å². The van der Waals surface area contributed by atoms with E-state index in [0.29, 0.717) is 6.42 Å². The van der Waals surface area contributed by atoms with Crippen molar-refractivity contribution in [3.8, 4) is 0 Å². The van der Waals surface area contributed by atoms with Gasteiger partial charge in [-0.25, -0.2) is 0 Å². The van der Waals surface area contributed by atoms with Crippen LogP contribution in [0.4, 0.5) is 0 Å². The van der Waals surface area contributed by atoms with Crippen LogP contribution in [0.5, 0.6) is 0 Å². The number of rotatable bonds is 2. The van der Waals surface area contributed by atoms with E-state index in [-0.39, 0.29) is 40.8 Å². The molecule has 19 heavy (non-hydrogen) atoms. The minimum Gasteiger partial charge on any atom is -0.392 e. The average Bonchev–Trinajstić information content (AvgIpc) is 2.34. The molecule has 2 rings (SSSR count). The zero-order chi connectivity index (χ0) is 14.4. The number of hydrogen-bond donors (Lipinski definition) is 2. The maximum Gasteiger partial charge on any atom is 0.220 e. The smallest absolute Gasteiger partial charge is 0.220 e. The standard InChI is InChI=1S/C15H25NO3/c1-8(14(16)19)10-4-6-15(3)7-5-11(17)9(2)12(15)13(10)18/h8-10,12-13,18H,4-7H2,1-3H3,(H2,16,19). The number of aliphatic hydroxyl groups excluding tert-OH is 1. The van der Waals surface area contributed by atoms with E-state index in [2.05, 4.69) is 6.92 Å². The second kappa shape index (κ2) is 4.89. The first-order chi connectivity index (χ1) is 8.78. The molecule has 0 aromatic carbocycles. The maximum absolute atomic E-state index is 11.9. The Balaban J connectivity index is 2.26. The first kappa shape index (κ1) is 14.5.